The zero-order chi connectivity index (χ0) is 18.7. The van der Waals surface area contributed by atoms with E-state index in [1.807, 2.05) is 30.3 Å². The van der Waals surface area contributed by atoms with Crippen LogP contribution in [0.5, 0.6) is 0 Å². The SMILES string of the molecule is CCO.Cc1ccc2c(c1)CC1CC[C@@](c3ccccc3)([N+](=O)[O-])CN21. The summed E-state index contributed by atoms with van der Waals surface area (Å²) in [4.78, 5) is 14.2. The molecular weight excluding hydrogens is 328 g/mol. The first kappa shape index (κ1) is 18.4. The first-order valence-electron chi connectivity index (χ1n) is 9.19. The van der Waals surface area contributed by atoms with Crippen LogP contribution >= 0.6 is 0 Å². The van der Waals surface area contributed by atoms with Crippen LogP contribution in [0.25, 0.3) is 0 Å². The topological polar surface area (TPSA) is 66.6 Å². The Morgan fingerprint density at radius 1 is 1.27 bits per heavy atom. The maximum Gasteiger partial charge on any atom is 0.264 e. The molecule has 0 saturated carbocycles. The average molecular weight is 354 g/mol. The van der Waals surface area contributed by atoms with Gasteiger partial charge in [-0.05, 0) is 38.3 Å². The maximum atomic E-state index is 12.0. The zero-order valence-electron chi connectivity index (χ0n) is 15.4. The van der Waals surface area contributed by atoms with Crippen LogP contribution in [0.3, 0.4) is 0 Å². The van der Waals surface area contributed by atoms with Crippen molar-refractivity contribution in [3.8, 4) is 0 Å². The predicted molar refractivity (Wildman–Crippen MR) is 103 cm³/mol. The summed E-state index contributed by atoms with van der Waals surface area (Å²) >= 11 is 0. The molecule has 26 heavy (non-hydrogen) atoms. The highest BCUT2D eigenvalue weighted by molar-refractivity contribution is 5.61. The van der Waals surface area contributed by atoms with Crippen LogP contribution in [0.15, 0.2) is 48.5 Å². The number of nitro groups is 1. The van der Waals surface area contributed by atoms with Crippen molar-refractivity contribution in [1.29, 1.82) is 0 Å². The molecule has 2 aromatic rings. The second-order valence-electron chi connectivity index (χ2n) is 7.13. The molecule has 0 spiro atoms. The van der Waals surface area contributed by atoms with Gasteiger partial charge in [-0.15, -0.1) is 0 Å². The van der Waals surface area contributed by atoms with E-state index in [-0.39, 0.29) is 11.5 Å². The fourth-order valence-corrected chi connectivity index (χ4v) is 4.20. The predicted octanol–water partition coefficient (Wildman–Crippen LogP) is 3.69. The average Bonchev–Trinajstić information content (AvgIpc) is 2.99. The van der Waals surface area contributed by atoms with Gasteiger partial charge in [0.1, 0.15) is 0 Å². The smallest absolute Gasteiger partial charge is 0.264 e. The molecule has 2 atom stereocenters. The molecular formula is C21H26N2O3. The monoisotopic (exact) mass is 354 g/mol. The Hall–Kier alpha value is -2.40. The van der Waals surface area contributed by atoms with E-state index in [0.717, 1.165) is 18.4 Å². The molecule has 0 bridgehead atoms. The van der Waals surface area contributed by atoms with Crippen LogP contribution in [0.4, 0.5) is 5.69 Å². The van der Waals surface area contributed by atoms with Gasteiger partial charge in [0.15, 0.2) is 0 Å². The van der Waals surface area contributed by atoms with Crippen LogP contribution < -0.4 is 4.90 Å². The molecule has 5 heteroatoms. The Labute approximate surface area is 154 Å². The summed E-state index contributed by atoms with van der Waals surface area (Å²) in [6.45, 7) is 4.49. The van der Waals surface area contributed by atoms with Crippen molar-refractivity contribution in [1.82, 2.24) is 0 Å². The lowest BCUT2D eigenvalue weighted by atomic mass is 9.80. The number of benzene rings is 2. The van der Waals surface area contributed by atoms with Crippen LogP contribution in [0, 0.1) is 17.0 Å². The van der Waals surface area contributed by atoms with Crippen molar-refractivity contribution < 1.29 is 10.0 Å². The second kappa shape index (κ2) is 7.46. The number of aliphatic hydroxyl groups excluding tert-OH is 1. The van der Waals surface area contributed by atoms with E-state index in [4.69, 9.17) is 5.11 Å². The van der Waals surface area contributed by atoms with E-state index in [0.29, 0.717) is 19.0 Å². The first-order valence-corrected chi connectivity index (χ1v) is 9.19. The van der Waals surface area contributed by atoms with Crippen molar-refractivity contribution in [2.75, 3.05) is 18.1 Å². The minimum atomic E-state index is -0.996. The summed E-state index contributed by atoms with van der Waals surface area (Å²) in [7, 11) is 0. The Kier molecular flexibility index (Phi) is 5.28. The summed E-state index contributed by atoms with van der Waals surface area (Å²) < 4.78 is 0. The molecule has 1 saturated heterocycles. The number of anilines is 1. The van der Waals surface area contributed by atoms with E-state index in [1.54, 1.807) is 6.92 Å². The van der Waals surface area contributed by atoms with Gasteiger partial charge in [-0.1, -0.05) is 48.0 Å². The molecule has 2 aliphatic heterocycles. The van der Waals surface area contributed by atoms with Gasteiger partial charge in [-0.25, -0.2) is 0 Å². The van der Waals surface area contributed by atoms with Crippen molar-refractivity contribution in [2.24, 2.45) is 0 Å². The summed E-state index contributed by atoms with van der Waals surface area (Å²) in [5.41, 5.74) is 3.60. The Morgan fingerprint density at radius 2 is 1.96 bits per heavy atom. The number of hydrogen-bond acceptors (Lipinski definition) is 4. The summed E-state index contributed by atoms with van der Waals surface area (Å²) in [5.74, 6) is 0. The molecule has 1 unspecified atom stereocenters. The molecule has 2 aromatic carbocycles. The number of fused-ring (bicyclic) bond motifs is 3. The third-order valence-electron chi connectivity index (χ3n) is 5.42. The van der Waals surface area contributed by atoms with Crippen LogP contribution in [-0.2, 0) is 12.0 Å². The second-order valence-corrected chi connectivity index (χ2v) is 7.13. The molecule has 4 rings (SSSR count). The summed E-state index contributed by atoms with van der Waals surface area (Å²) in [6.07, 6.45) is 2.49. The van der Waals surface area contributed by atoms with Gasteiger partial charge < -0.3 is 10.0 Å². The third-order valence-corrected chi connectivity index (χ3v) is 5.42. The van der Waals surface area contributed by atoms with Crippen LogP contribution in [0.1, 0.15) is 36.5 Å². The first-order chi connectivity index (χ1) is 12.5. The highest BCUT2D eigenvalue weighted by Gasteiger charge is 2.52. The van der Waals surface area contributed by atoms with E-state index < -0.39 is 5.54 Å². The minimum absolute atomic E-state index is 0.0647. The van der Waals surface area contributed by atoms with Gasteiger partial charge in [-0.2, -0.15) is 0 Å². The number of aryl methyl sites for hydroxylation is 1. The van der Waals surface area contributed by atoms with E-state index in [2.05, 4.69) is 30.0 Å². The lowest BCUT2D eigenvalue weighted by Crippen LogP contribution is -2.53. The van der Waals surface area contributed by atoms with E-state index in [9.17, 15) is 10.1 Å². The molecule has 2 aliphatic rings. The molecule has 0 radical (unpaired) electrons. The fourth-order valence-electron chi connectivity index (χ4n) is 4.20. The minimum Gasteiger partial charge on any atom is -0.397 e. The molecule has 2 heterocycles. The number of hydrogen-bond donors (Lipinski definition) is 1. The molecule has 1 N–H and O–H groups in total. The normalized spacial score (nSPS) is 23.5. The van der Waals surface area contributed by atoms with Gasteiger partial charge in [0, 0.05) is 35.2 Å². The number of aliphatic hydroxyl groups is 1. The van der Waals surface area contributed by atoms with Crippen molar-refractivity contribution in [3.63, 3.8) is 0 Å². The lowest BCUT2D eigenvalue weighted by Gasteiger charge is -2.40. The Bertz CT molecular complexity index is 778. The van der Waals surface area contributed by atoms with Gasteiger partial charge >= 0.3 is 0 Å². The zero-order valence-corrected chi connectivity index (χ0v) is 15.4. The largest absolute Gasteiger partial charge is 0.397 e. The fraction of sp³-hybridized carbons (Fsp3) is 0.429. The third kappa shape index (κ3) is 3.19. The number of piperidine rings is 1. The lowest BCUT2D eigenvalue weighted by molar-refractivity contribution is -0.579. The highest BCUT2D eigenvalue weighted by Crippen LogP contribution is 2.44. The van der Waals surface area contributed by atoms with Crippen LogP contribution in [0.2, 0.25) is 0 Å². The quantitative estimate of drug-likeness (QED) is 0.660. The highest BCUT2D eigenvalue weighted by atomic mass is 16.6. The molecule has 5 nitrogen and oxygen atoms in total. The van der Waals surface area contributed by atoms with Crippen molar-refractivity contribution in [2.45, 2.75) is 44.7 Å². The van der Waals surface area contributed by atoms with Crippen LogP contribution in [-0.4, -0.2) is 29.2 Å². The molecule has 0 aliphatic carbocycles. The molecule has 0 aromatic heterocycles. The van der Waals surface area contributed by atoms with Gasteiger partial charge in [0.25, 0.3) is 5.54 Å². The van der Waals surface area contributed by atoms with Crippen molar-refractivity contribution >= 4 is 5.69 Å². The summed E-state index contributed by atoms with van der Waals surface area (Å²) in [5, 5.41) is 19.6. The Morgan fingerprint density at radius 3 is 2.62 bits per heavy atom. The molecule has 1 fully saturated rings. The number of nitrogens with zero attached hydrogens (tertiary/aromatic N) is 2. The number of rotatable bonds is 2. The summed E-state index contributed by atoms with van der Waals surface area (Å²) in [6, 6.07) is 16.4. The Balaban J connectivity index is 0.000000613. The standard InChI is InChI=1S/C19H20N2O2.C2H6O/c1-14-7-8-18-15(11-14)12-17-9-10-19(21(22)23,13-20(17)18)16-5-3-2-4-6-16;1-2-3/h2-8,11,17H,9-10,12-13H2,1H3;3H,2H2,1H3/t17?,19-;/m1./s1. The van der Waals surface area contributed by atoms with Gasteiger partial charge in [-0.3, -0.25) is 10.1 Å². The molecule has 0 amide bonds. The van der Waals surface area contributed by atoms with E-state index in [1.165, 1.54) is 16.8 Å². The van der Waals surface area contributed by atoms with Crippen molar-refractivity contribution in [3.05, 3.63) is 75.3 Å². The van der Waals surface area contributed by atoms with Gasteiger partial charge in [0.05, 0.1) is 6.54 Å². The van der Waals surface area contributed by atoms with E-state index >= 15 is 0 Å². The maximum absolute atomic E-state index is 12.0. The molecule has 138 valence electrons. The van der Waals surface area contributed by atoms with Gasteiger partial charge in [0.2, 0.25) is 0 Å².